The van der Waals surface area contributed by atoms with Crippen LogP contribution in [0.2, 0.25) is 0 Å². The third-order valence-corrected chi connectivity index (χ3v) is 5.09. The van der Waals surface area contributed by atoms with E-state index < -0.39 is 0 Å². The molecule has 1 unspecified atom stereocenters. The van der Waals surface area contributed by atoms with Crippen LogP contribution in [-0.2, 0) is 16.1 Å². The van der Waals surface area contributed by atoms with Gasteiger partial charge in [0.1, 0.15) is 18.9 Å². The fourth-order valence-corrected chi connectivity index (χ4v) is 3.47. The number of hydrogen-bond donors (Lipinski definition) is 1. The monoisotopic (exact) mass is 419 g/mol. The van der Waals surface area contributed by atoms with Gasteiger partial charge in [0, 0.05) is 18.2 Å². The molecule has 0 saturated carbocycles. The molecule has 31 heavy (non-hydrogen) atoms. The van der Waals surface area contributed by atoms with Gasteiger partial charge in [-0.05, 0) is 37.5 Å². The first kappa shape index (κ1) is 20.8. The molecule has 0 aliphatic carbocycles. The Kier molecular flexibility index (Phi) is 6.74. The third-order valence-electron chi connectivity index (χ3n) is 5.09. The van der Waals surface area contributed by atoms with Crippen molar-refractivity contribution in [2.24, 2.45) is 0 Å². The Labute approximate surface area is 180 Å². The lowest BCUT2D eigenvalue weighted by Gasteiger charge is -2.23. The second-order valence-corrected chi connectivity index (χ2v) is 7.42. The Bertz CT molecular complexity index is 1080. The molecule has 4 rings (SSSR count). The van der Waals surface area contributed by atoms with Gasteiger partial charge >= 0.3 is 0 Å². The van der Waals surface area contributed by atoms with Gasteiger partial charge in [-0.15, -0.1) is 0 Å². The van der Waals surface area contributed by atoms with Gasteiger partial charge in [0.15, 0.2) is 0 Å². The highest BCUT2D eigenvalue weighted by Gasteiger charge is 2.16. The van der Waals surface area contributed by atoms with Crippen LogP contribution in [0, 0.1) is 0 Å². The van der Waals surface area contributed by atoms with E-state index in [1.54, 1.807) is 18.2 Å². The number of amides is 1. The molecule has 160 valence electrons. The van der Waals surface area contributed by atoms with E-state index in [4.69, 9.17) is 9.47 Å². The Hall–Kier alpha value is -3.45. The van der Waals surface area contributed by atoms with Crippen LogP contribution in [0.15, 0.2) is 71.5 Å². The molecule has 0 bridgehead atoms. The number of rotatable bonds is 7. The number of hydrogen-bond acceptors (Lipinski definition) is 5. The minimum atomic E-state index is -0.357. The summed E-state index contributed by atoms with van der Waals surface area (Å²) < 4.78 is 12.8. The lowest BCUT2D eigenvalue weighted by Crippen LogP contribution is -2.29. The molecule has 1 fully saturated rings. The Morgan fingerprint density at radius 1 is 1.06 bits per heavy atom. The lowest BCUT2D eigenvalue weighted by atomic mass is 10.1. The summed E-state index contributed by atoms with van der Waals surface area (Å²) in [7, 11) is 0. The molecule has 7 nitrogen and oxygen atoms in total. The minimum absolute atomic E-state index is 0.0704. The number of ether oxygens (including phenoxy) is 2. The van der Waals surface area contributed by atoms with E-state index in [1.807, 2.05) is 42.5 Å². The van der Waals surface area contributed by atoms with Crippen molar-refractivity contribution in [2.75, 3.05) is 18.5 Å². The molecule has 1 aliphatic heterocycles. The van der Waals surface area contributed by atoms with E-state index in [1.165, 1.54) is 6.07 Å². The maximum Gasteiger partial charge on any atom is 0.267 e. The van der Waals surface area contributed by atoms with Crippen molar-refractivity contribution >= 4 is 11.6 Å². The number of aromatic nitrogens is 2. The molecule has 3 aromatic rings. The van der Waals surface area contributed by atoms with Crippen molar-refractivity contribution in [1.29, 1.82) is 0 Å². The first-order chi connectivity index (χ1) is 15.2. The van der Waals surface area contributed by atoms with Crippen LogP contribution < -0.4 is 15.6 Å². The van der Waals surface area contributed by atoms with E-state index in [2.05, 4.69) is 10.4 Å². The number of carbonyl (C=O) groups excluding carboxylic acids is 1. The third kappa shape index (κ3) is 5.58. The van der Waals surface area contributed by atoms with Crippen molar-refractivity contribution < 1.29 is 14.3 Å². The highest BCUT2D eigenvalue weighted by Crippen LogP contribution is 2.25. The van der Waals surface area contributed by atoms with Gasteiger partial charge in [0.25, 0.3) is 5.56 Å². The van der Waals surface area contributed by atoms with Crippen LogP contribution in [0.3, 0.4) is 0 Å². The van der Waals surface area contributed by atoms with E-state index in [9.17, 15) is 9.59 Å². The van der Waals surface area contributed by atoms with Gasteiger partial charge in [-0.1, -0.05) is 42.5 Å². The molecule has 1 N–H and O–H groups in total. The molecule has 0 spiro atoms. The normalized spacial score (nSPS) is 15.9. The molecular formula is C24H25N3O4. The highest BCUT2D eigenvalue weighted by molar-refractivity contribution is 5.92. The van der Waals surface area contributed by atoms with Crippen LogP contribution >= 0.6 is 0 Å². The van der Waals surface area contributed by atoms with E-state index in [0.717, 1.165) is 36.1 Å². The SMILES string of the molecule is O=C(Cn1nc(-c2ccccc2)ccc1=O)Nc1ccccc1OCC1CCCCO1. The molecule has 0 radical (unpaired) electrons. The van der Waals surface area contributed by atoms with Crippen LogP contribution in [0.25, 0.3) is 11.3 Å². The van der Waals surface area contributed by atoms with Gasteiger partial charge in [-0.25, -0.2) is 4.68 Å². The van der Waals surface area contributed by atoms with Crippen molar-refractivity contribution in [3.8, 4) is 17.0 Å². The van der Waals surface area contributed by atoms with Crippen LogP contribution in [-0.4, -0.2) is 35.0 Å². The van der Waals surface area contributed by atoms with Gasteiger partial charge in [0.05, 0.1) is 17.5 Å². The van der Waals surface area contributed by atoms with Crippen molar-refractivity contribution in [1.82, 2.24) is 9.78 Å². The molecule has 1 saturated heterocycles. The average molecular weight is 419 g/mol. The highest BCUT2D eigenvalue weighted by atomic mass is 16.5. The van der Waals surface area contributed by atoms with Gasteiger partial charge in [0.2, 0.25) is 5.91 Å². The molecule has 1 aliphatic rings. The molecule has 1 amide bonds. The number of anilines is 1. The Morgan fingerprint density at radius 3 is 2.68 bits per heavy atom. The quantitative estimate of drug-likeness (QED) is 0.634. The van der Waals surface area contributed by atoms with E-state index in [-0.39, 0.29) is 24.1 Å². The zero-order valence-corrected chi connectivity index (χ0v) is 17.2. The largest absolute Gasteiger partial charge is 0.489 e. The standard InChI is InChI=1S/C24H25N3O4/c28-23(16-27-24(29)14-13-20(26-27)18-8-2-1-3-9-18)25-21-11-4-5-12-22(21)31-17-19-10-6-7-15-30-19/h1-5,8-9,11-14,19H,6-7,10,15-17H2,(H,25,28). The van der Waals surface area contributed by atoms with Crippen LogP contribution in [0.5, 0.6) is 5.75 Å². The summed E-state index contributed by atoms with van der Waals surface area (Å²) in [5.74, 6) is 0.216. The molecular weight excluding hydrogens is 394 g/mol. The summed E-state index contributed by atoms with van der Waals surface area (Å²) in [5.41, 5.74) is 1.72. The molecule has 2 heterocycles. The first-order valence-electron chi connectivity index (χ1n) is 10.5. The minimum Gasteiger partial charge on any atom is -0.489 e. The summed E-state index contributed by atoms with van der Waals surface area (Å²) in [6.45, 7) is 1.00. The van der Waals surface area contributed by atoms with Crippen molar-refractivity contribution in [3.63, 3.8) is 0 Å². The van der Waals surface area contributed by atoms with Gasteiger partial charge in [-0.2, -0.15) is 5.10 Å². The Balaban J connectivity index is 1.43. The van der Waals surface area contributed by atoms with Crippen LogP contribution in [0.1, 0.15) is 19.3 Å². The van der Waals surface area contributed by atoms with Crippen LogP contribution in [0.4, 0.5) is 5.69 Å². The number of carbonyl (C=O) groups is 1. The fraction of sp³-hybridized carbons (Fsp3) is 0.292. The summed E-state index contributed by atoms with van der Waals surface area (Å²) >= 11 is 0. The predicted molar refractivity (Wildman–Crippen MR) is 118 cm³/mol. The number of nitrogens with zero attached hydrogens (tertiary/aromatic N) is 2. The summed E-state index contributed by atoms with van der Waals surface area (Å²) in [6.07, 6.45) is 3.26. The van der Waals surface area contributed by atoms with Gasteiger partial charge in [-0.3, -0.25) is 9.59 Å². The number of benzene rings is 2. The van der Waals surface area contributed by atoms with Crippen molar-refractivity contribution in [3.05, 3.63) is 77.1 Å². The molecule has 7 heteroatoms. The van der Waals surface area contributed by atoms with E-state index in [0.29, 0.717) is 23.7 Å². The fourth-order valence-electron chi connectivity index (χ4n) is 3.47. The summed E-state index contributed by atoms with van der Waals surface area (Å²) in [4.78, 5) is 24.9. The predicted octanol–water partition coefficient (Wildman–Crippen LogP) is 3.50. The van der Waals surface area contributed by atoms with Crippen molar-refractivity contribution in [2.45, 2.75) is 31.9 Å². The van der Waals surface area contributed by atoms with E-state index >= 15 is 0 Å². The first-order valence-corrected chi connectivity index (χ1v) is 10.5. The zero-order valence-electron chi connectivity index (χ0n) is 17.2. The zero-order chi connectivity index (χ0) is 21.5. The smallest absolute Gasteiger partial charge is 0.267 e. The second-order valence-electron chi connectivity index (χ2n) is 7.42. The summed E-state index contributed by atoms with van der Waals surface area (Å²) in [5, 5.41) is 7.17. The maximum absolute atomic E-state index is 12.6. The molecule has 2 aromatic carbocycles. The Morgan fingerprint density at radius 2 is 1.87 bits per heavy atom. The maximum atomic E-state index is 12.6. The van der Waals surface area contributed by atoms with Gasteiger partial charge < -0.3 is 14.8 Å². The second kappa shape index (κ2) is 10.0. The number of nitrogens with one attached hydrogen (secondary N) is 1. The average Bonchev–Trinajstić information content (AvgIpc) is 2.81. The molecule has 1 aromatic heterocycles. The number of para-hydroxylation sites is 2. The molecule has 1 atom stereocenters. The topological polar surface area (TPSA) is 82.5 Å². The lowest BCUT2D eigenvalue weighted by molar-refractivity contribution is -0.117. The summed E-state index contributed by atoms with van der Waals surface area (Å²) in [6, 6.07) is 19.8.